The maximum Gasteiger partial charge on any atom is 0.263 e. The lowest BCUT2D eigenvalue weighted by Crippen LogP contribution is -2.23. The minimum Gasteiger partial charge on any atom is -0.344 e. The van der Waals surface area contributed by atoms with Gasteiger partial charge in [-0.15, -0.1) is 11.3 Å². The van der Waals surface area contributed by atoms with E-state index in [1.54, 1.807) is 18.2 Å². The summed E-state index contributed by atoms with van der Waals surface area (Å²) < 4.78 is 16.0. The van der Waals surface area contributed by atoms with Gasteiger partial charge in [-0.1, -0.05) is 24.3 Å². The lowest BCUT2D eigenvalue weighted by molar-refractivity contribution is 0.0953. The Morgan fingerprint density at radius 2 is 1.96 bits per heavy atom. The summed E-state index contributed by atoms with van der Waals surface area (Å²) in [7, 11) is 0. The Morgan fingerprint density at radius 1 is 1.19 bits per heavy atom. The number of hydrogen-bond donors (Lipinski definition) is 1. The Bertz CT molecular complexity index is 1120. The molecular weight excluding hydrogens is 363 g/mol. The number of imidazole rings is 1. The zero-order valence-corrected chi connectivity index (χ0v) is 15.5. The second kappa shape index (κ2) is 7.28. The van der Waals surface area contributed by atoms with E-state index in [1.165, 1.54) is 23.6 Å². The molecule has 27 heavy (non-hydrogen) atoms. The van der Waals surface area contributed by atoms with Gasteiger partial charge in [0.25, 0.3) is 5.91 Å². The van der Waals surface area contributed by atoms with Gasteiger partial charge in [0, 0.05) is 12.1 Å². The second-order valence-corrected chi connectivity index (χ2v) is 6.98. The summed E-state index contributed by atoms with van der Waals surface area (Å²) in [5.74, 6) is 0.200. The highest BCUT2D eigenvalue weighted by atomic mass is 32.1. The van der Waals surface area contributed by atoms with Crippen molar-refractivity contribution in [1.29, 1.82) is 0 Å². The standard InChI is InChI=1S/C20H17FN4OS/c1-2-25-16-10-6-5-9-15(16)24-18(25)12-22-19(26)17-11-23-20(27-17)13-7-3-4-8-14(13)21/h3-11H,2,12H2,1H3,(H,22,26). The van der Waals surface area contributed by atoms with Crippen molar-refractivity contribution in [3.8, 4) is 10.6 Å². The minimum absolute atomic E-state index is 0.246. The third kappa shape index (κ3) is 3.33. The van der Waals surface area contributed by atoms with Crippen LogP contribution in [-0.2, 0) is 13.1 Å². The molecule has 1 amide bonds. The molecule has 7 heteroatoms. The molecule has 0 aliphatic rings. The zero-order valence-electron chi connectivity index (χ0n) is 14.6. The number of aromatic nitrogens is 3. The number of carbonyl (C=O) groups excluding carboxylic acids is 1. The smallest absolute Gasteiger partial charge is 0.263 e. The first-order chi connectivity index (χ1) is 13.2. The molecule has 136 valence electrons. The van der Waals surface area contributed by atoms with Crippen LogP contribution in [-0.4, -0.2) is 20.4 Å². The van der Waals surface area contributed by atoms with E-state index in [-0.39, 0.29) is 11.7 Å². The molecule has 0 atom stereocenters. The van der Waals surface area contributed by atoms with Crippen LogP contribution in [0.1, 0.15) is 22.4 Å². The average Bonchev–Trinajstić information content (AvgIpc) is 3.31. The quantitative estimate of drug-likeness (QED) is 0.563. The van der Waals surface area contributed by atoms with Gasteiger partial charge < -0.3 is 9.88 Å². The van der Waals surface area contributed by atoms with Crippen LogP contribution in [0, 0.1) is 5.82 Å². The summed E-state index contributed by atoms with van der Waals surface area (Å²) >= 11 is 1.17. The number of hydrogen-bond acceptors (Lipinski definition) is 4. The van der Waals surface area contributed by atoms with Gasteiger partial charge in [0.2, 0.25) is 0 Å². The summed E-state index contributed by atoms with van der Waals surface area (Å²) in [6.07, 6.45) is 1.48. The Hall–Kier alpha value is -3.06. The molecule has 0 spiro atoms. The van der Waals surface area contributed by atoms with Gasteiger partial charge in [-0.05, 0) is 31.2 Å². The van der Waals surface area contributed by atoms with Crippen LogP contribution in [0.2, 0.25) is 0 Å². The minimum atomic E-state index is -0.351. The first-order valence-corrected chi connectivity index (χ1v) is 9.42. The first-order valence-electron chi connectivity index (χ1n) is 8.60. The van der Waals surface area contributed by atoms with Gasteiger partial charge in [-0.2, -0.15) is 0 Å². The van der Waals surface area contributed by atoms with Crippen LogP contribution in [0.3, 0.4) is 0 Å². The van der Waals surface area contributed by atoms with Crippen molar-refractivity contribution in [2.75, 3.05) is 0 Å². The molecule has 1 N–H and O–H groups in total. The first kappa shape index (κ1) is 17.4. The number of fused-ring (bicyclic) bond motifs is 1. The third-order valence-electron chi connectivity index (χ3n) is 4.29. The molecule has 0 aliphatic heterocycles. The van der Waals surface area contributed by atoms with Crippen molar-refractivity contribution in [2.45, 2.75) is 20.0 Å². The van der Waals surface area contributed by atoms with Gasteiger partial charge in [-0.3, -0.25) is 4.79 Å². The number of thiazole rings is 1. The number of nitrogens with zero attached hydrogens (tertiary/aromatic N) is 3. The summed E-state index contributed by atoms with van der Waals surface area (Å²) in [5, 5.41) is 3.37. The molecule has 0 fully saturated rings. The van der Waals surface area contributed by atoms with Crippen LogP contribution in [0.25, 0.3) is 21.6 Å². The molecule has 0 unspecified atom stereocenters. The summed E-state index contributed by atoms with van der Waals surface area (Å²) in [6, 6.07) is 14.3. The lowest BCUT2D eigenvalue weighted by Gasteiger charge is -2.06. The van der Waals surface area contributed by atoms with Crippen molar-refractivity contribution in [3.63, 3.8) is 0 Å². The number of carbonyl (C=O) groups is 1. The van der Waals surface area contributed by atoms with E-state index in [2.05, 4.69) is 19.9 Å². The van der Waals surface area contributed by atoms with Crippen LogP contribution in [0.5, 0.6) is 0 Å². The Balaban J connectivity index is 1.52. The molecule has 2 aromatic heterocycles. The Kier molecular flexibility index (Phi) is 4.68. The highest BCUT2D eigenvalue weighted by molar-refractivity contribution is 7.16. The van der Waals surface area contributed by atoms with Crippen molar-refractivity contribution in [3.05, 3.63) is 71.2 Å². The lowest BCUT2D eigenvalue weighted by atomic mass is 10.2. The van der Waals surface area contributed by atoms with E-state index < -0.39 is 0 Å². The number of benzene rings is 2. The number of rotatable bonds is 5. The molecular formula is C20H17FN4OS. The fourth-order valence-electron chi connectivity index (χ4n) is 3.00. The monoisotopic (exact) mass is 380 g/mol. The van der Waals surface area contributed by atoms with E-state index in [9.17, 15) is 9.18 Å². The van der Waals surface area contributed by atoms with Gasteiger partial charge in [0.15, 0.2) is 0 Å². The normalized spacial score (nSPS) is 11.0. The van der Waals surface area contributed by atoms with Crippen LogP contribution in [0.4, 0.5) is 4.39 Å². The molecule has 0 aliphatic carbocycles. The van der Waals surface area contributed by atoms with Gasteiger partial charge in [0.1, 0.15) is 21.5 Å². The molecule has 4 rings (SSSR count). The van der Waals surface area contributed by atoms with E-state index in [0.29, 0.717) is 22.0 Å². The molecule has 0 radical (unpaired) electrons. The van der Waals surface area contributed by atoms with Crippen molar-refractivity contribution in [2.24, 2.45) is 0 Å². The molecule has 0 saturated carbocycles. The third-order valence-corrected chi connectivity index (χ3v) is 5.32. The molecule has 2 aromatic carbocycles. The molecule has 5 nitrogen and oxygen atoms in total. The van der Waals surface area contributed by atoms with E-state index in [0.717, 1.165) is 23.4 Å². The topological polar surface area (TPSA) is 59.8 Å². The molecule has 0 saturated heterocycles. The Labute approximate surface area is 159 Å². The highest BCUT2D eigenvalue weighted by Gasteiger charge is 2.15. The average molecular weight is 380 g/mol. The molecule has 4 aromatic rings. The number of amides is 1. The summed E-state index contributed by atoms with van der Waals surface area (Å²) in [6.45, 7) is 3.13. The van der Waals surface area contributed by atoms with Gasteiger partial charge in [-0.25, -0.2) is 14.4 Å². The number of halogens is 1. The maximum atomic E-state index is 13.9. The summed E-state index contributed by atoms with van der Waals surface area (Å²) in [5.41, 5.74) is 2.35. The zero-order chi connectivity index (χ0) is 18.8. The van der Waals surface area contributed by atoms with Crippen molar-refractivity contribution < 1.29 is 9.18 Å². The summed E-state index contributed by atoms with van der Waals surface area (Å²) in [4.78, 5) is 21.7. The van der Waals surface area contributed by atoms with Crippen LogP contribution >= 0.6 is 11.3 Å². The van der Waals surface area contributed by atoms with Crippen molar-refractivity contribution >= 4 is 28.3 Å². The maximum absolute atomic E-state index is 13.9. The van der Waals surface area contributed by atoms with E-state index in [4.69, 9.17) is 0 Å². The second-order valence-electron chi connectivity index (χ2n) is 5.95. The molecule has 2 heterocycles. The number of para-hydroxylation sites is 2. The molecule has 0 bridgehead atoms. The van der Waals surface area contributed by atoms with Gasteiger partial charge in [0.05, 0.1) is 23.8 Å². The SMILES string of the molecule is CCn1c(CNC(=O)c2cnc(-c3ccccc3F)s2)nc2ccccc21. The predicted molar refractivity (Wildman–Crippen MR) is 104 cm³/mol. The number of aryl methyl sites for hydroxylation is 1. The number of nitrogens with one attached hydrogen (secondary N) is 1. The van der Waals surface area contributed by atoms with E-state index in [1.807, 2.05) is 31.2 Å². The van der Waals surface area contributed by atoms with Gasteiger partial charge >= 0.3 is 0 Å². The largest absolute Gasteiger partial charge is 0.344 e. The Morgan fingerprint density at radius 3 is 2.78 bits per heavy atom. The fraction of sp³-hybridized carbons (Fsp3) is 0.150. The van der Waals surface area contributed by atoms with E-state index >= 15 is 0 Å². The fourth-order valence-corrected chi connectivity index (χ4v) is 3.86. The van der Waals surface area contributed by atoms with Crippen LogP contribution in [0.15, 0.2) is 54.7 Å². The van der Waals surface area contributed by atoms with Crippen molar-refractivity contribution in [1.82, 2.24) is 19.9 Å². The van der Waals surface area contributed by atoms with Crippen LogP contribution < -0.4 is 5.32 Å². The highest BCUT2D eigenvalue weighted by Crippen LogP contribution is 2.27. The predicted octanol–water partition coefficient (Wildman–Crippen LogP) is 4.25.